The van der Waals surface area contributed by atoms with Crippen molar-refractivity contribution < 1.29 is 19.0 Å². The lowest BCUT2D eigenvalue weighted by Gasteiger charge is -2.26. The Morgan fingerprint density at radius 3 is 2.36 bits per heavy atom. The molecule has 240 valence electrons. The van der Waals surface area contributed by atoms with E-state index in [4.69, 9.17) is 19.2 Å². The molecular formula is C37H36N4O5S. The minimum atomic E-state index is -0.797. The molecule has 5 aromatic rings. The van der Waals surface area contributed by atoms with Gasteiger partial charge < -0.3 is 24.1 Å². The molecule has 3 heterocycles. The molecule has 6 rings (SSSR count). The third-order valence-electron chi connectivity index (χ3n) is 8.20. The van der Waals surface area contributed by atoms with Crippen molar-refractivity contribution in [2.75, 3.05) is 26.1 Å². The Kier molecular flexibility index (Phi) is 8.86. The molecule has 1 N–H and O–H groups in total. The van der Waals surface area contributed by atoms with Gasteiger partial charge in [0.05, 0.1) is 36.6 Å². The predicted octanol–water partition coefficient (Wildman–Crippen LogP) is 5.70. The van der Waals surface area contributed by atoms with Crippen LogP contribution in [0.5, 0.6) is 17.2 Å². The largest absolute Gasteiger partial charge is 0.497 e. The number of thiazole rings is 1. The average Bonchev–Trinajstić information content (AvgIpc) is 3.53. The molecule has 1 aliphatic rings. The molecule has 0 spiro atoms. The molecule has 0 fully saturated rings. The van der Waals surface area contributed by atoms with Gasteiger partial charge in [0.1, 0.15) is 23.3 Å². The van der Waals surface area contributed by atoms with Crippen molar-refractivity contribution >= 4 is 29.0 Å². The van der Waals surface area contributed by atoms with E-state index in [2.05, 4.69) is 16.0 Å². The normalized spacial score (nSPS) is 14.4. The highest BCUT2D eigenvalue weighted by Crippen LogP contribution is 2.37. The zero-order chi connectivity index (χ0) is 33.2. The van der Waals surface area contributed by atoms with E-state index in [0.717, 1.165) is 28.4 Å². The Bertz CT molecular complexity index is 2180. The molecule has 47 heavy (non-hydrogen) atoms. The summed E-state index contributed by atoms with van der Waals surface area (Å²) in [4.78, 5) is 33.6. The molecule has 3 aromatic carbocycles. The number of carbonyl (C=O) groups is 1. The highest BCUT2D eigenvalue weighted by molar-refractivity contribution is 7.07. The SMILES string of the molecule is CCOc1ccc(-n2c(C)cc(/C=c3\sc4n(c3=O)[C@@H](c3ccc(OC)cc3OC)C(C(=O)Nc3ccccc3)=C(C)N=4)c2C)cc1. The number of nitrogens with zero attached hydrogens (tertiary/aromatic N) is 3. The number of aryl methyl sites for hydroxylation is 1. The van der Waals surface area contributed by atoms with Crippen LogP contribution in [0.2, 0.25) is 0 Å². The zero-order valence-corrected chi connectivity index (χ0v) is 28.0. The number of ether oxygens (including phenoxy) is 3. The Morgan fingerprint density at radius 1 is 0.957 bits per heavy atom. The van der Waals surface area contributed by atoms with E-state index < -0.39 is 6.04 Å². The number of rotatable bonds is 9. The van der Waals surface area contributed by atoms with E-state index in [1.165, 1.54) is 11.3 Å². The highest BCUT2D eigenvalue weighted by Gasteiger charge is 2.34. The first-order valence-electron chi connectivity index (χ1n) is 15.3. The van der Waals surface area contributed by atoms with Crippen LogP contribution in [0.25, 0.3) is 11.8 Å². The maximum atomic E-state index is 14.4. The van der Waals surface area contributed by atoms with Gasteiger partial charge in [-0.15, -0.1) is 0 Å². The van der Waals surface area contributed by atoms with Gasteiger partial charge in [-0.2, -0.15) is 0 Å². The van der Waals surface area contributed by atoms with Gasteiger partial charge in [-0.05, 0) is 93.9 Å². The number of carbonyl (C=O) groups excluding carboxylic acids is 1. The molecule has 1 atom stereocenters. The molecule has 0 unspecified atom stereocenters. The number of hydrogen-bond donors (Lipinski definition) is 1. The summed E-state index contributed by atoms with van der Waals surface area (Å²) < 4.78 is 21.1. The average molecular weight is 649 g/mol. The van der Waals surface area contributed by atoms with E-state index in [1.54, 1.807) is 37.8 Å². The van der Waals surface area contributed by atoms with Gasteiger partial charge >= 0.3 is 0 Å². The highest BCUT2D eigenvalue weighted by atomic mass is 32.1. The molecule has 0 saturated heterocycles. The van der Waals surface area contributed by atoms with Crippen LogP contribution in [-0.2, 0) is 4.79 Å². The van der Waals surface area contributed by atoms with Crippen LogP contribution in [0, 0.1) is 13.8 Å². The molecule has 1 amide bonds. The number of aromatic nitrogens is 2. The maximum absolute atomic E-state index is 14.4. The monoisotopic (exact) mass is 648 g/mol. The Hall–Kier alpha value is -5.35. The second kappa shape index (κ2) is 13.2. The lowest BCUT2D eigenvalue weighted by molar-refractivity contribution is -0.113. The Labute approximate surface area is 276 Å². The summed E-state index contributed by atoms with van der Waals surface area (Å²) in [5.74, 6) is 1.54. The van der Waals surface area contributed by atoms with Gasteiger partial charge in [0.25, 0.3) is 11.5 Å². The summed E-state index contributed by atoms with van der Waals surface area (Å²) in [5, 5.41) is 2.99. The molecule has 9 nitrogen and oxygen atoms in total. The van der Waals surface area contributed by atoms with Crippen molar-refractivity contribution in [3.05, 3.63) is 132 Å². The van der Waals surface area contributed by atoms with Crippen LogP contribution in [0.3, 0.4) is 0 Å². The summed E-state index contributed by atoms with van der Waals surface area (Å²) >= 11 is 1.30. The van der Waals surface area contributed by atoms with E-state index in [-0.39, 0.29) is 11.5 Å². The molecule has 0 saturated carbocycles. The lowest BCUT2D eigenvalue weighted by Crippen LogP contribution is -2.40. The van der Waals surface area contributed by atoms with Crippen LogP contribution >= 0.6 is 11.3 Å². The van der Waals surface area contributed by atoms with Crippen molar-refractivity contribution in [3.8, 4) is 22.9 Å². The van der Waals surface area contributed by atoms with E-state index in [1.807, 2.05) is 87.5 Å². The fourth-order valence-corrected chi connectivity index (χ4v) is 7.04. The molecule has 0 aliphatic carbocycles. The summed E-state index contributed by atoms with van der Waals surface area (Å²) in [6, 6.07) is 23.8. The fourth-order valence-electron chi connectivity index (χ4n) is 6.00. The van der Waals surface area contributed by atoms with Crippen LogP contribution in [-0.4, -0.2) is 35.9 Å². The second-order valence-electron chi connectivity index (χ2n) is 11.1. The Morgan fingerprint density at radius 2 is 1.68 bits per heavy atom. The van der Waals surface area contributed by atoms with Gasteiger partial charge in [-0.25, -0.2) is 4.99 Å². The molecule has 10 heteroatoms. The van der Waals surface area contributed by atoms with Crippen LogP contribution in [0.4, 0.5) is 5.69 Å². The first-order chi connectivity index (χ1) is 22.7. The minimum Gasteiger partial charge on any atom is -0.497 e. The number of benzene rings is 3. The van der Waals surface area contributed by atoms with Crippen molar-refractivity contribution in [1.82, 2.24) is 9.13 Å². The van der Waals surface area contributed by atoms with Gasteiger partial charge in [-0.3, -0.25) is 14.2 Å². The maximum Gasteiger partial charge on any atom is 0.271 e. The summed E-state index contributed by atoms with van der Waals surface area (Å²) in [7, 11) is 3.13. The predicted molar refractivity (Wildman–Crippen MR) is 185 cm³/mol. The number of allylic oxidation sites excluding steroid dienone is 1. The van der Waals surface area contributed by atoms with E-state index >= 15 is 0 Å². The number of methoxy groups -OCH3 is 2. The minimum absolute atomic E-state index is 0.250. The third-order valence-corrected chi connectivity index (χ3v) is 9.18. The Balaban J connectivity index is 1.49. The third kappa shape index (κ3) is 5.99. The number of anilines is 1. The zero-order valence-electron chi connectivity index (χ0n) is 27.2. The number of para-hydroxylation sites is 1. The van der Waals surface area contributed by atoms with Gasteiger partial charge in [0.2, 0.25) is 0 Å². The number of hydrogen-bond acceptors (Lipinski definition) is 7. The first-order valence-corrected chi connectivity index (χ1v) is 16.1. The topological polar surface area (TPSA) is 96.1 Å². The quantitative estimate of drug-likeness (QED) is 0.221. The standard InChI is InChI=1S/C37H36N4O5S/c1-7-46-28-15-13-27(14-16-28)40-22(2)19-25(24(40)4)20-32-36(43)41-34(30-18-17-29(44-5)21-31(30)45-6)33(23(3)38-37(41)47-32)35(42)39-26-11-9-8-10-12-26/h8-21,34H,7H2,1-6H3,(H,39,42)/b32-20-/t34-/m0/s1. The molecule has 2 aromatic heterocycles. The summed E-state index contributed by atoms with van der Waals surface area (Å²) in [6.45, 7) is 8.44. The number of fused-ring (bicyclic) bond motifs is 1. The summed E-state index contributed by atoms with van der Waals surface area (Å²) in [5.41, 5.74) is 5.83. The van der Waals surface area contributed by atoms with Crippen molar-refractivity contribution in [2.45, 2.75) is 33.7 Å². The first kappa shape index (κ1) is 31.6. The van der Waals surface area contributed by atoms with Gasteiger partial charge in [0, 0.05) is 34.4 Å². The fraction of sp³-hybridized carbons (Fsp3) is 0.216. The van der Waals surface area contributed by atoms with Crippen molar-refractivity contribution in [3.63, 3.8) is 0 Å². The van der Waals surface area contributed by atoms with Crippen molar-refractivity contribution in [2.24, 2.45) is 4.99 Å². The van der Waals surface area contributed by atoms with Crippen LogP contribution in [0.15, 0.2) is 99.9 Å². The summed E-state index contributed by atoms with van der Waals surface area (Å²) in [6.07, 6.45) is 1.91. The number of amides is 1. The lowest BCUT2D eigenvalue weighted by atomic mass is 9.94. The second-order valence-corrected chi connectivity index (χ2v) is 12.1. The molecule has 0 bridgehead atoms. The molecular weight excluding hydrogens is 612 g/mol. The van der Waals surface area contributed by atoms with Crippen LogP contribution < -0.4 is 34.4 Å². The van der Waals surface area contributed by atoms with Crippen LogP contribution in [0.1, 0.15) is 42.4 Å². The van der Waals surface area contributed by atoms with Gasteiger partial charge in [0.15, 0.2) is 4.80 Å². The van der Waals surface area contributed by atoms with E-state index in [9.17, 15) is 9.59 Å². The van der Waals surface area contributed by atoms with Crippen molar-refractivity contribution in [1.29, 1.82) is 0 Å². The molecule has 1 aliphatic heterocycles. The smallest absolute Gasteiger partial charge is 0.271 e. The number of nitrogens with one attached hydrogen (secondary N) is 1. The van der Waals surface area contributed by atoms with E-state index in [0.29, 0.717) is 50.0 Å². The van der Waals surface area contributed by atoms with Gasteiger partial charge in [-0.1, -0.05) is 29.5 Å². The molecule has 0 radical (unpaired) electrons.